The number of hydrogen-bond acceptors (Lipinski definition) is 3. The second kappa shape index (κ2) is 8.08. The Bertz CT molecular complexity index is 440. The fourth-order valence-electron chi connectivity index (χ4n) is 1.37. The molecule has 4 nitrogen and oxygen atoms in total. The molecule has 0 heterocycles. The van der Waals surface area contributed by atoms with Crippen molar-refractivity contribution in [3.8, 4) is 0 Å². The van der Waals surface area contributed by atoms with Crippen LogP contribution in [0.3, 0.4) is 0 Å². The average Bonchev–Trinajstić information content (AvgIpc) is 2.43. The van der Waals surface area contributed by atoms with Crippen LogP contribution in [0.2, 0.25) is 0 Å². The Morgan fingerprint density at radius 1 is 1.26 bits per heavy atom. The maximum atomic E-state index is 11.7. The van der Waals surface area contributed by atoms with E-state index in [9.17, 15) is 9.59 Å². The van der Waals surface area contributed by atoms with Crippen molar-refractivity contribution in [2.45, 2.75) is 19.8 Å². The molecule has 4 heteroatoms. The van der Waals surface area contributed by atoms with E-state index in [2.05, 4.69) is 0 Å². The van der Waals surface area contributed by atoms with Crippen LogP contribution in [0.25, 0.3) is 6.08 Å². The molecule has 0 aliphatic carbocycles. The molecule has 0 N–H and O–H groups in total. The lowest BCUT2D eigenvalue weighted by Gasteiger charge is -2.14. The van der Waals surface area contributed by atoms with Gasteiger partial charge >= 0.3 is 5.97 Å². The molecular weight excluding hydrogens is 242 g/mol. The van der Waals surface area contributed by atoms with Gasteiger partial charge in [-0.1, -0.05) is 37.3 Å². The Morgan fingerprint density at radius 3 is 2.58 bits per heavy atom. The summed E-state index contributed by atoms with van der Waals surface area (Å²) in [5, 5.41) is 0. The predicted molar refractivity (Wildman–Crippen MR) is 74.1 cm³/mol. The first-order valence-electron chi connectivity index (χ1n) is 6.27. The summed E-state index contributed by atoms with van der Waals surface area (Å²) in [6, 6.07) is 9.54. The van der Waals surface area contributed by atoms with Crippen molar-refractivity contribution in [2.24, 2.45) is 0 Å². The number of hydrogen-bond donors (Lipinski definition) is 0. The number of esters is 1. The molecule has 0 unspecified atom stereocenters. The van der Waals surface area contributed by atoms with Crippen molar-refractivity contribution in [3.63, 3.8) is 0 Å². The SMILES string of the molecule is CCCC(=O)OCN(C)C(=O)C=Cc1ccccc1. The molecule has 0 saturated heterocycles. The van der Waals surface area contributed by atoms with Crippen LogP contribution < -0.4 is 0 Å². The highest BCUT2D eigenvalue weighted by molar-refractivity contribution is 5.91. The number of carbonyl (C=O) groups is 2. The van der Waals surface area contributed by atoms with Gasteiger partial charge in [0.1, 0.15) is 0 Å². The van der Waals surface area contributed by atoms with E-state index in [-0.39, 0.29) is 18.6 Å². The van der Waals surface area contributed by atoms with Crippen LogP contribution >= 0.6 is 0 Å². The minimum atomic E-state index is -0.283. The zero-order valence-corrected chi connectivity index (χ0v) is 11.3. The molecule has 102 valence electrons. The van der Waals surface area contributed by atoms with Crippen LogP contribution in [0.1, 0.15) is 25.3 Å². The number of ether oxygens (including phenoxy) is 1. The molecule has 0 bridgehead atoms. The molecule has 0 saturated carbocycles. The predicted octanol–water partition coefficient (Wildman–Crippen LogP) is 2.46. The maximum absolute atomic E-state index is 11.7. The van der Waals surface area contributed by atoms with E-state index in [1.807, 2.05) is 37.3 Å². The quantitative estimate of drug-likeness (QED) is 0.449. The van der Waals surface area contributed by atoms with Gasteiger partial charge in [0.2, 0.25) is 5.91 Å². The third kappa shape index (κ3) is 5.86. The summed E-state index contributed by atoms with van der Waals surface area (Å²) < 4.78 is 4.95. The Morgan fingerprint density at radius 2 is 1.95 bits per heavy atom. The average molecular weight is 261 g/mol. The van der Waals surface area contributed by atoms with Crippen molar-refractivity contribution < 1.29 is 14.3 Å². The minimum Gasteiger partial charge on any atom is -0.444 e. The van der Waals surface area contributed by atoms with Crippen molar-refractivity contribution in [3.05, 3.63) is 42.0 Å². The molecular formula is C15H19NO3. The summed E-state index contributed by atoms with van der Waals surface area (Å²) in [5.41, 5.74) is 0.951. The van der Waals surface area contributed by atoms with Crippen LogP contribution in [-0.4, -0.2) is 30.6 Å². The first-order chi connectivity index (χ1) is 9.13. The highest BCUT2D eigenvalue weighted by atomic mass is 16.5. The third-order valence-corrected chi connectivity index (χ3v) is 2.47. The van der Waals surface area contributed by atoms with Gasteiger partial charge in [0, 0.05) is 19.5 Å². The summed E-state index contributed by atoms with van der Waals surface area (Å²) >= 11 is 0. The highest BCUT2D eigenvalue weighted by Crippen LogP contribution is 2.02. The third-order valence-electron chi connectivity index (χ3n) is 2.47. The standard InChI is InChI=1S/C15H19NO3/c1-3-7-15(18)19-12-16(2)14(17)11-10-13-8-5-4-6-9-13/h4-6,8-11H,3,7,12H2,1-2H3. The molecule has 1 amide bonds. The highest BCUT2D eigenvalue weighted by Gasteiger charge is 2.07. The molecule has 0 aromatic heterocycles. The summed E-state index contributed by atoms with van der Waals surface area (Å²) in [6.45, 7) is 1.88. The Hall–Kier alpha value is -2.10. The molecule has 0 radical (unpaired) electrons. The van der Waals surface area contributed by atoms with Gasteiger partial charge in [-0.3, -0.25) is 9.59 Å². The van der Waals surface area contributed by atoms with Gasteiger partial charge in [-0.2, -0.15) is 0 Å². The normalized spacial score (nSPS) is 10.4. The molecule has 1 aromatic rings. The smallest absolute Gasteiger partial charge is 0.307 e. The fraction of sp³-hybridized carbons (Fsp3) is 0.333. The Labute approximate surface area is 113 Å². The topological polar surface area (TPSA) is 46.6 Å². The molecule has 1 rings (SSSR count). The second-order valence-electron chi connectivity index (χ2n) is 4.18. The fourth-order valence-corrected chi connectivity index (χ4v) is 1.37. The van der Waals surface area contributed by atoms with Gasteiger partial charge in [-0.25, -0.2) is 0 Å². The number of amides is 1. The number of carbonyl (C=O) groups excluding carboxylic acids is 2. The zero-order chi connectivity index (χ0) is 14.1. The molecule has 0 spiro atoms. The summed E-state index contributed by atoms with van der Waals surface area (Å²) in [5.74, 6) is -0.484. The van der Waals surface area contributed by atoms with E-state index >= 15 is 0 Å². The molecule has 0 atom stereocenters. The van der Waals surface area contributed by atoms with Crippen molar-refractivity contribution in [2.75, 3.05) is 13.8 Å². The lowest BCUT2D eigenvalue weighted by Crippen LogP contribution is -2.28. The van der Waals surface area contributed by atoms with Crippen LogP contribution in [0.4, 0.5) is 0 Å². The van der Waals surface area contributed by atoms with Crippen LogP contribution in [0, 0.1) is 0 Å². The van der Waals surface area contributed by atoms with Gasteiger partial charge in [-0.15, -0.1) is 0 Å². The van der Waals surface area contributed by atoms with E-state index in [0.29, 0.717) is 6.42 Å². The van der Waals surface area contributed by atoms with E-state index in [1.54, 1.807) is 13.1 Å². The Balaban J connectivity index is 2.40. The van der Waals surface area contributed by atoms with Crippen LogP contribution in [0.5, 0.6) is 0 Å². The van der Waals surface area contributed by atoms with E-state index in [0.717, 1.165) is 12.0 Å². The van der Waals surface area contributed by atoms with Crippen molar-refractivity contribution in [1.82, 2.24) is 4.90 Å². The number of likely N-dealkylation sites (N-methyl/N-ethyl adjacent to an activating group) is 1. The second-order valence-corrected chi connectivity index (χ2v) is 4.18. The van der Waals surface area contributed by atoms with Gasteiger partial charge in [-0.05, 0) is 18.1 Å². The Kier molecular flexibility index (Phi) is 6.36. The lowest BCUT2D eigenvalue weighted by atomic mass is 10.2. The first kappa shape index (κ1) is 15.0. The van der Waals surface area contributed by atoms with E-state index in [4.69, 9.17) is 4.74 Å². The van der Waals surface area contributed by atoms with Gasteiger partial charge in [0.05, 0.1) is 0 Å². The largest absolute Gasteiger partial charge is 0.444 e. The molecule has 19 heavy (non-hydrogen) atoms. The molecule has 0 aliphatic heterocycles. The van der Waals surface area contributed by atoms with Gasteiger partial charge in [0.25, 0.3) is 0 Å². The summed E-state index contributed by atoms with van der Waals surface area (Å²) in [4.78, 5) is 24.3. The van der Waals surface area contributed by atoms with Gasteiger partial charge in [0.15, 0.2) is 6.73 Å². The monoisotopic (exact) mass is 261 g/mol. The first-order valence-corrected chi connectivity index (χ1v) is 6.27. The number of benzene rings is 1. The van der Waals surface area contributed by atoms with E-state index < -0.39 is 0 Å². The maximum Gasteiger partial charge on any atom is 0.307 e. The molecule has 0 aliphatic rings. The molecule has 1 aromatic carbocycles. The van der Waals surface area contributed by atoms with Gasteiger partial charge < -0.3 is 9.64 Å². The van der Waals surface area contributed by atoms with Crippen LogP contribution in [0.15, 0.2) is 36.4 Å². The van der Waals surface area contributed by atoms with E-state index in [1.165, 1.54) is 11.0 Å². The van der Waals surface area contributed by atoms with Crippen LogP contribution in [-0.2, 0) is 14.3 Å². The summed E-state index contributed by atoms with van der Waals surface area (Å²) in [7, 11) is 1.59. The van der Waals surface area contributed by atoms with Crippen molar-refractivity contribution >= 4 is 18.0 Å². The summed E-state index contributed by atoms with van der Waals surface area (Å²) in [6.07, 6.45) is 4.31. The zero-order valence-electron chi connectivity index (χ0n) is 11.3. The number of rotatable bonds is 6. The minimum absolute atomic E-state index is 0.0171. The van der Waals surface area contributed by atoms with Crippen molar-refractivity contribution in [1.29, 1.82) is 0 Å². The number of nitrogens with zero attached hydrogens (tertiary/aromatic N) is 1. The lowest BCUT2D eigenvalue weighted by molar-refractivity contribution is -0.150. The molecule has 0 fully saturated rings.